The Morgan fingerprint density at radius 3 is 3.04 bits per heavy atom. The summed E-state index contributed by atoms with van der Waals surface area (Å²) in [6.45, 7) is 0.743. The molecule has 1 aromatic carbocycles. The topological polar surface area (TPSA) is 81.9 Å². The lowest BCUT2D eigenvalue weighted by Crippen LogP contribution is -2.15. The molecule has 9 heteroatoms. The van der Waals surface area contributed by atoms with E-state index in [0.717, 1.165) is 30.0 Å². The van der Waals surface area contributed by atoms with Crippen molar-refractivity contribution in [3.05, 3.63) is 46.1 Å². The van der Waals surface area contributed by atoms with Gasteiger partial charge in [0.25, 0.3) is 5.91 Å². The summed E-state index contributed by atoms with van der Waals surface area (Å²) in [5.74, 6) is -0.289. The number of aryl methyl sites for hydroxylation is 1. The fraction of sp³-hybridized carbons (Fsp3) is 0.294. The molecule has 1 aliphatic heterocycles. The minimum absolute atomic E-state index is 0.00992. The molecule has 0 saturated carbocycles. The van der Waals surface area contributed by atoms with Crippen molar-refractivity contribution in [2.45, 2.75) is 18.9 Å². The van der Waals surface area contributed by atoms with Gasteiger partial charge in [0.2, 0.25) is 5.13 Å². The predicted octanol–water partition coefficient (Wildman–Crippen LogP) is 3.70. The number of hydrogen-bond donors (Lipinski definition) is 1. The first kappa shape index (κ1) is 17.1. The maximum absolute atomic E-state index is 12.6. The van der Waals surface area contributed by atoms with Crippen molar-refractivity contribution in [2.24, 2.45) is 7.05 Å². The number of nitrogens with one attached hydrogen (secondary N) is 1. The van der Waals surface area contributed by atoms with Crippen LogP contribution in [0, 0.1) is 0 Å². The number of benzene rings is 1. The molecule has 0 radical (unpaired) electrons. The van der Waals surface area contributed by atoms with Crippen LogP contribution < -0.4 is 5.32 Å². The number of halogens is 1. The smallest absolute Gasteiger partial charge is 0.275 e. The molecule has 0 aliphatic carbocycles. The largest absolute Gasteiger partial charge is 0.371 e. The summed E-state index contributed by atoms with van der Waals surface area (Å²) in [6.07, 6.45) is 1.95. The van der Waals surface area contributed by atoms with Gasteiger partial charge in [0.1, 0.15) is 16.8 Å². The van der Waals surface area contributed by atoms with Crippen LogP contribution >= 0.6 is 22.9 Å². The molecule has 4 rings (SSSR count). The number of hydrogen-bond acceptors (Lipinski definition) is 6. The van der Waals surface area contributed by atoms with E-state index in [-0.39, 0.29) is 12.0 Å². The summed E-state index contributed by atoms with van der Waals surface area (Å²) in [6, 6.07) is 9.07. The first-order valence-corrected chi connectivity index (χ1v) is 9.36. The van der Waals surface area contributed by atoms with Gasteiger partial charge in [-0.25, -0.2) is 0 Å². The van der Waals surface area contributed by atoms with Crippen molar-refractivity contribution in [2.75, 3.05) is 11.9 Å². The summed E-state index contributed by atoms with van der Waals surface area (Å²) in [4.78, 5) is 12.6. The summed E-state index contributed by atoms with van der Waals surface area (Å²) in [5, 5.41) is 17.2. The van der Waals surface area contributed by atoms with Crippen LogP contribution in [0.2, 0.25) is 5.02 Å². The third kappa shape index (κ3) is 3.48. The molecular weight excluding hydrogens is 374 g/mol. The highest BCUT2D eigenvalue weighted by Crippen LogP contribution is 2.32. The first-order valence-electron chi connectivity index (χ1n) is 8.16. The molecule has 7 nitrogen and oxygen atoms in total. The normalized spacial score (nSPS) is 16.8. The summed E-state index contributed by atoms with van der Waals surface area (Å²) in [7, 11) is 1.72. The molecule has 1 unspecified atom stereocenters. The van der Waals surface area contributed by atoms with Crippen molar-refractivity contribution in [1.82, 2.24) is 20.0 Å². The Balaban J connectivity index is 1.51. The van der Waals surface area contributed by atoms with Gasteiger partial charge >= 0.3 is 0 Å². The highest BCUT2D eigenvalue weighted by molar-refractivity contribution is 7.15. The Morgan fingerprint density at radius 1 is 1.38 bits per heavy atom. The standard InChI is InChI=1S/C17H16ClN5O2S/c1-23-13(9-12(22-23)10-4-2-5-11(18)8-10)15(24)19-17-21-20-16(26-17)14-6-3-7-25-14/h2,4-5,8-9,14H,3,6-7H2,1H3,(H,19,21,24). The Hall–Kier alpha value is -2.29. The van der Waals surface area contributed by atoms with E-state index in [2.05, 4.69) is 20.6 Å². The van der Waals surface area contributed by atoms with Crippen molar-refractivity contribution < 1.29 is 9.53 Å². The Kier molecular flexibility index (Phi) is 4.71. The van der Waals surface area contributed by atoms with E-state index in [1.807, 2.05) is 18.2 Å². The number of ether oxygens (including phenoxy) is 1. The summed E-state index contributed by atoms with van der Waals surface area (Å²) >= 11 is 7.37. The van der Waals surface area contributed by atoms with Gasteiger partial charge in [-0.05, 0) is 31.0 Å². The zero-order valence-electron chi connectivity index (χ0n) is 14.0. The van der Waals surface area contributed by atoms with E-state index >= 15 is 0 Å². The van der Waals surface area contributed by atoms with Crippen LogP contribution in [0.15, 0.2) is 30.3 Å². The van der Waals surface area contributed by atoms with E-state index < -0.39 is 0 Å². The second-order valence-electron chi connectivity index (χ2n) is 5.95. The van der Waals surface area contributed by atoms with Gasteiger partial charge in [-0.2, -0.15) is 5.10 Å². The molecule has 3 aromatic rings. The minimum atomic E-state index is -0.289. The third-order valence-electron chi connectivity index (χ3n) is 4.10. The lowest BCUT2D eigenvalue weighted by atomic mass is 10.1. The molecule has 1 aliphatic rings. The van der Waals surface area contributed by atoms with Crippen molar-refractivity contribution in [3.8, 4) is 11.3 Å². The van der Waals surface area contributed by atoms with Crippen molar-refractivity contribution in [1.29, 1.82) is 0 Å². The van der Waals surface area contributed by atoms with Crippen molar-refractivity contribution in [3.63, 3.8) is 0 Å². The fourth-order valence-corrected chi connectivity index (χ4v) is 3.83. The average molecular weight is 390 g/mol. The number of nitrogens with zero attached hydrogens (tertiary/aromatic N) is 4. The van der Waals surface area contributed by atoms with E-state index in [1.54, 1.807) is 19.2 Å². The first-order chi connectivity index (χ1) is 12.6. The van der Waals surface area contributed by atoms with E-state index in [4.69, 9.17) is 16.3 Å². The molecule has 3 heterocycles. The molecule has 1 atom stereocenters. The van der Waals surface area contributed by atoms with Crippen LogP contribution in [-0.4, -0.2) is 32.5 Å². The predicted molar refractivity (Wildman–Crippen MR) is 99.4 cm³/mol. The van der Waals surface area contributed by atoms with Crippen LogP contribution in [0.1, 0.15) is 34.4 Å². The molecule has 1 N–H and O–H groups in total. The summed E-state index contributed by atoms with van der Waals surface area (Å²) in [5.41, 5.74) is 1.95. The highest BCUT2D eigenvalue weighted by Gasteiger charge is 2.23. The monoisotopic (exact) mass is 389 g/mol. The van der Waals surface area contributed by atoms with Crippen LogP contribution in [0.25, 0.3) is 11.3 Å². The molecule has 26 heavy (non-hydrogen) atoms. The summed E-state index contributed by atoms with van der Waals surface area (Å²) < 4.78 is 7.13. The van der Waals surface area contributed by atoms with Gasteiger partial charge in [-0.3, -0.25) is 14.8 Å². The SMILES string of the molecule is Cn1nc(-c2cccc(Cl)c2)cc1C(=O)Nc1nnc(C2CCCO2)s1. The number of rotatable bonds is 4. The van der Waals surface area contributed by atoms with E-state index in [1.165, 1.54) is 16.0 Å². The van der Waals surface area contributed by atoms with Gasteiger partial charge in [0, 0.05) is 24.2 Å². The molecule has 134 valence electrons. The average Bonchev–Trinajstić information content (AvgIpc) is 3.34. The molecule has 1 fully saturated rings. The van der Waals surface area contributed by atoms with Crippen LogP contribution in [-0.2, 0) is 11.8 Å². The Bertz CT molecular complexity index is 948. The molecule has 2 aromatic heterocycles. The quantitative estimate of drug-likeness (QED) is 0.735. The second kappa shape index (κ2) is 7.14. The molecule has 0 spiro atoms. The van der Waals surface area contributed by atoms with Gasteiger partial charge in [-0.1, -0.05) is 35.1 Å². The van der Waals surface area contributed by atoms with Gasteiger partial charge in [0.15, 0.2) is 0 Å². The fourth-order valence-electron chi connectivity index (χ4n) is 2.82. The number of amides is 1. The zero-order chi connectivity index (χ0) is 18.1. The number of aromatic nitrogens is 4. The lowest BCUT2D eigenvalue weighted by Gasteiger charge is -2.02. The Labute approximate surface area is 159 Å². The zero-order valence-corrected chi connectivity index (χ0v) is 15.5. The lowest BCUT2D eigenvalue weighted by molar-refractivity contribution is 0.101. The molecular formula is C17H16ClN5O2S. The molecule has 1 amide bonds. The Morgan fingerprint density at radius 2 is 2.27 bits per heavy atom. The van der Waals surface area contributed by atoms with Crippen LogP contribution in [0.3, 0.4) is 0 Å². The van der Waals surface area contributed by atoms with Crippen LogP contribution in [0.4, 0.5) is 5.13 Å². The number of carbonyl (C=O) groups excluding carboxylic acids is 1. The molecule has 1 saturated heterocycles. The second-order valence-corrected chi connectivity index (χ2v) is 7.40. The van der Waals surface area contributed by atoms with Crippen LogP contribution in [0.5, 0.6) is 0 Å². The maximum Gasteiger partial charge on any atom is 0.275 e. The van der Waals surface area contributed by atoms with E-state index in [9.17, 15) is 4.79 Å². The maximum atomic E-state index is 12.6. The number of carbonyl (C=O) groups is 1. The highest BCUT2D eigenvalue weighted by atomic mass is 35.5. The minimum Gasteiger partial charge on any atom is -0.371 e. The van der Waals surface area contributed by atoms with Gasteiger partial charge in [-0.15, -0.1) is 10.2 Å². The van der Waals surface area contributed by atoms with Gasteiger partial charge in [0.05, 0.1) is 5.69 Å². The number of anilines is 1. The van der Waals surface area contributed by atoms with E-state index in [0.29, 0.717) is 21.5 Å². The van der Waals surface area contributed by atoms with Gasteiger partial charge < -0.3 is 4.74 Å². The van der Waals surface area contributed by atoms with Crippen molar-refractivity contribution >= 4 is 34.0 Å². The molecule has 0 bridgehead atoms. The third-order valence-corrected chi connectivity index (χ3v) is 5.26.